The first kappa shape index (κ1) is 13.2. The fraction of sp³-hybridized carbons (Fsp3) is 0.462. The molecule has 0 fully saturated rings. The Morgan fingerprint density at radius 3 is 2.83 bits per heavy atom. The Bertz CT molecular complexity index is 585. The van der Waals surface area contributed by atoms with Gasteiger partial charge in [0.1, 0.15) is 11.3 Å². The monoisotopic (exact) mass is 267 g/mol. The molecule has 0 aliphatic carbocycles. The predicted octanol–water partition coefficient (Wildman–Crippen LogP) is 3.18. The third kappa shape index (κ3) is 2.79. The molecular weight excluding hydrogens is 249 g/mol. The van der Waals surface area contributed by atoms with Crippen LogP contribution in [-0.4, -0.2) is 35.1 Å². The third-order valence-electron chi connectivity index (χ3n) is 3.00. The van der Waals surface area contributed by atoms with Crippen LogP contribution in [0.2, 0.25) is 0 Å². The number of fused-ring (bicyclic) bond motifs is 1. The number of rotatable bonds is 5. The van der Waals surface area contributed by atoms with Crippen molar-refractivity contribution in [3.63, 3.8) is 0 Å². The second kappa shape index (κ2) is 5.63. The van der Waals surface area contributed by atoms with Gasteiger partial charge in [-0.15, -0.1) is 0 Å². The minimum Gasteiger partial charge on any atom is -0.328 e. The molecule has 0 amide bonds. The summed E-state index contributed by atoms with van der Waals surface area (Å²) in [5, 5.41) is 0. The molecule has 1 aromatic heterocycles. The van der Waals surface area contributed by atoms with Crippen molar-refractivity contribution in [2.75, 3.05) is 20.6 Å². The smallest absolute Gasteiger partial charge is 0.178 e. The summed E-state index contributed by atoms with van der Waals surface area (Å²) in [6.45, 7) is 1.89. The number of aromatic nitrogens is 2. The van der Waals surface area contributed by atoms with Gasteiger partial charge < -0.3 is 14.5 Å². The summed E-state index contributed by atoms with van der Waals surface area (Å²) in [6.07, 6.45) is 2.15. The second-order valence-electron chi connectivity index (χ2n) is 4.73. The van der Waals surface area contributed by atoms with Crippen molar-refractivity contribution >= 4 is 23.3 Å². The molecule has 0 unspecified atom stereocenters. The summed E-state index contributed by atoms with van der Waals surface area (Å²) < 4.78 is 16.1. The number of nitrogens with zero attached hydrogens (tertiary/aromatic N) is 2. The zero-order chi connectivity index (χ0) is 13.1. The summed E-state index contributed by atoms with van der Waals surface area (Å²) in [5.74, 6) is -0.245. The van der Waals surface area contributed by atoms with E-state index in [-0.39, 0.29) is 5.82 Å². The van der Waals surface area contributed by atoms with Crippen LogP contribution < -0.4 is 0 Å². The van der Waals surface area contributed by atoms with Crippen LogP contribution in [-0.2, 0) is 6.54 Å². The Kier molecular flexibility index (Phi) is 4.14. The largest absolute Gasteiger partial charge is 0.328 e. The number of aromatic amines is 1. The predicted molar refractivity (Wildman–Crippen MR) is 74.9 cm³/mol. The average Bonchev–Trinajstić information content (AvgIpc) is 2.63. The highest BCUT2D eigenvalue weighted by Gasteiger charge is 2.07. The highest BCUT2D eigenvalue weighted by Crippen LogP contribution is 2.17. The molecule has 0 aliphatic rings. The number of hydrogen-bond acceptors (Lipinski definition) is 2. The van der Waals surface area contributed by atoms with Crippen LogP contribution in [0, 0.1) is 10.6 Å². The molecule has 0 saturated heterocycles. The first-order valence-electron chi connectivity index (χ1n) is 6.11. The van der Waals surface area contributed by atoms with E-state index in [1.165, 1.54) is 6.07 Å². The van der Waals surface area contributed by atoms with Crippen LogP contribution in [0.5, 0.6) is 0 Å². The van der Waals surface area contributed by atoms with Gasteiger partial charge in [-0.3, -0.25) is 0 Å². The van der Waals surface area contributed by atoms with Crippen LogP contribution in [0.25, 0.3) is 11.0 Å². The lowest BCUT2D eigenvalue weighted by atomic mass is 10.2. The molecular formula is C13H18FN3S. The maximum atomic E-state index is 13.6. The van der Waals surface area contributed by atoms with Crippen molar-refractivity contribution in [3.8, 4) is 0 Å². The quantitative estimate of drug-likeness (QED) is 0.664. The van der Waals surface area contributed by atoms with E-state index in [2.05, 4.69) is 24.0 Å². The Morgan fingerprint density at radius 2 is 2.11 bits per heavy atom. The van der Waals surface area contributed by atoms with Gasteiger partial charge in [0.2, 0.25) is 0 Å². The maximum Gasteiger partial charge on any atom is 0.178 e. The number of imidazole rings is 1. The molecule has 0 radical (unpaired) electrons. The molecule has 1 aromatic carbocycles. The van der Waals surface area contributed by atoms with Crippen LogP contribution in [0.3, 0.4) is 0 Å². The highest BCUT2D eigenvalue weighted by molar-refractivity contribution is 7.71. The standard InChI is InChI=1S/C13H18FN3S/c1-16(2)8-3-4-9-17-11-7-5-6-10(14)12(11)15-13(17)18/h5-7H,3-4,8-9H2,1-2H3,(H,15,18). The van der Waals surface area contributed by atoms with Crippen LogP contribution in [0.1, 0.15) is 12.8 Å². The van der Waals surface area contributed by atoms with Crippen molar-refractivity contribution in [1.29, 1.82) is 0 Å². The van der Waals surface area contributed by atoms with Crippen molar-refractivity contribution in [2.24, 2.45) is 0 Å². The summed E-state index contributed by atoms with van der Waals surface area (Å²) >= 11 is 5.24. The zero-order valence-corrected chi connectivity index (χ0v) is 11.6. The number of unbranched alkanes of at least 4 members (excludes halogenated alkanes) is 1. The van der Waals surface area contributed by atoms with Gasteiger partial charge in [0.25, 0.3) is 0 Å². The van der Waals surface area contributed by atoms with E-state index in [1.54, 1.807) is 6.07 Å². The van der Waals surface area contributed by atoms with E-state index in [0.717, 1.165) is 31.4 Å². The van der Waals surface area contributed by atoms with Gasteiger partial charge in [0.15, 0.2) is 4.77 Å². The van der Waals surface area contributed by atoms with Crippen LogP contribution in [0.15, 0.2) is 18.2 Å². The molecule has 0 spiro atoms. The number of hydrogen-bond donors (Lipinski definition) is 1. The molecule has 1 heterocycles. The van der Waals surface area contributed by atoms with E-state index in [0.29, 0.717) is 10.3 Å². The van der Waals surface area contributed by atoms with Crippen molar-refractivity contribution in [2.45, 2.75) is 19.4 Å². The summed E-state index contributed by atoms with van der Waals surface area (Å²) in [6, 6.07) is 5.07. The fourth-order valence-corrected chi connectivity index (χ4v) is 2.36. The van der Waals surface area contributed by atoms with E-state index in [1.807, 2.05) is 10.6 Å². The van der Waals surface area contributed by atoms with Gasteiger partial charge >= 0.3 is 0 Å². The number of aryl methyl sites for hydroxylation is 1. The zero-order valence-electron chi connectivity index (χ0n) is 10.7. The molecule has 98 valence electrons. The molecule has 0 atom stereocenters. The molecule has 0 aliphatic heterocycles. The Hall–Kier alpha value is -1.20. The van der Waals surface area contributed by atoms with E-state index in [4.69, 9.17) is 12.2 Å². The van der Waals surface area contributed by atoms with Crippen LogP contribution in [0.4, 0.5) is 4.39 Å². The Balaban J connectivity index is 2.16. The second-order valence-corrected chi connectivity index (χ2v) is 5.11. The molecule has 0 saturated carbocycles. The van der Waals surface area contributed by atoms with E-state index < -0.39 is 0 Å². The first-order valence-corrected chi connectivity index (χ1v) is 6.52. The van der Waals surface area contributed by atoms with Gasteiger partial charge in [-0.05, 0) is 57.8 Å². The van der Waals surface area contributed by atoms with Gasteiger partial charge in [-0.1, -0.05) is 6.07 Å². The lowest BCUT2D eigenvalue weighted by molar-refractivity contribution is 0.388. The average molecular weight is 267 g/mol. The third-order valence-corrected chi connectivity index (χ3v) is 3.32. The lowest BCUT2D eigenvalue weighted by Gasteiger charge is -2.09. The number of para-hydroxylation sites is 1. The number of nitrogens with one attached hydrogen (secondary N) is 1. The fourth-order valence-electron chi connectivity index (χ4n) is 2.07. The summed E-state index contributed by atoms with van der Waals surface area (Å²) in [7, 11) is 4.12. The SMILES string of the molecule is CN(C)CCCCn1c(=S)[nH]c2c(F)cccc21. The molecule has 3 nitrogen and oxygen atoms in total. The van der Waals surface area contributed by atoms with E-state index in [9.17, 15) is 4.39 Å². The maximum absolute atomic E-state index is 13.6. The van der Waals surface area contributed by atoms with Gasteiger partial charge in [0.05, 0.1) is 5.52 Å². The molecule has 2 rings (SSSR count). The molecule has 0 bridgehead atoms. The molecule has 5 heteroatoms. The van der Waals surface area contributed by atoms with Gasteiger partial charge in [-0.25, -0.2) is 4.39 Å². The number of halogens is 1. The molecule has 1 N–H and O–H groups in total. The van der Waals surface area contributed by atoms with E-state index >= 15 is 0 Å². The van der Waals surface area contributed by atoms with Gasteiger partial charge in [0, 0.05) is 6.54 Å². The number of H-pyrrole nitrogens is 1. The Labute approximate surface area is 111 Å². The number of benzene rings is 1. The molecule has 2 aromatic rings. The summed E-state index contributed by atoms with van der Waals surface area (Å²) in [4.78, 5) is 5.10. The normalized spacial score (nSPS) is 11.6. The van der Waals surface area contributed by atoms with Crippen molar-refractivity contribution in [3.05, 3.63) is 28.8 Å². The minimum absolute atomic E-state index is 0.245. The van der Waals surface area contributed by atoms with Crippen LogP contribution >= 0.6 is 12.2 Å². The first-order chi connectivity index (χ1) is 8.59. The highest BCUT2D eigenvalue weighted by atomic mass is 32.1. The Morgan fingerprint density at radius 1 is 1.33 bits per heavy atom. The van der Waals surface area contributed by atoms with Crippen molar-refractivity contribution < 1.29 is 4.39 Å². The molecule has 18 heavy (non-hydrogen) atoms. The van der Waals surface area contributed by atoms with Crippen molar-refractivity contribution in [1.82, 2.24) is 14.5 Å². The summed E-state index contributed by atoms with van der Waals surface area (Å²) in [5.41, 5.74) is 1.36. The minimum atomic E-state index is -0.245. The lowest BCUT2D eigenvalue weighted by Crippen LogP contribution is -2.13. The van der Waals surface area contributed by atoms with Gasteiger partial charge in [-0.2, -0.15) is 0 Å². The topological polar surface area (TPSA) is 24.0 Å².